The van der Waals surface area contributed by atoms with Gasteiger partial charge in [-0.2, -0.15) is 4.72 Å². The Morgan fingerprint density at radius 1 is 1.06 bits per heavy atom. The zero-order valence-electron chi connectivity index (χ0n) is 16.5. The molecule has 0 radical (unpaired) electrons. The first-order chi connectivity index (χ1) is 14.8. The summed E-state index contributed by atoms with van der Waals surface area (Å²) in [7, 11) is -2.76. The number of carbonyl (C=O) groups is 1. The number of carbonyl (C=O) groups excluding carboxylic acids is 1. The minimum atomic E-state index is -4.12. The smallest absolute Gasteiger partial charge is 0.245 e. The second kappa shape index (κ2) is 10.3. The number of rotatable bonds is 8. The van der Waals surface area contributed by atoms with Crippen LogP contribution in [0.25, 0.3) is 0 Å². The topological polar surface area (TPSA) is 84.5 Å². The fraction of sp³-hybridized carbons (Fsp3) is 0.136. The molecule has 1 atom stereocenters. The molecule has 2 N–H and O–H groups in total. The summed E-state index contributed by atoms with van der Waals surface area (Å²) < 4.78 is 34.7. The van der Waals surface area contributed by atoms with E-state index in [1.807, 2.05) is 36.4 Å². The lowest BCUT2D eigenvalue weighted by Gasteiger charge is -2.20. The average molecular weight is 524 g/mol. The quantitative estimate of drug-likeness (QED) is 0.451. The highest BCUT2D eigenvalue weighted by Gasteiger charge is 2.29. The van der Waals surface area contributed by atoms with Gasteiger partial charge in [-0.1, -0.05) is 54.1 Å². The third-order valence-corrected chi connectivity index (χ3v) is 6.86. The Balaban J connectivity index is 1.93. The molecule has 0 aliphatic heterocycles. The zero-order chi connectivity index (χ0) is 22.4. The maximum absolute atomic E-state index is 13.1. The van der Waals surface area contributed by atoms with Gasteiger partial charge in [0.15, 0.2) is 0 Å². The number of benzene rings is 3. The maximum Gasteiger partial charge on any atom is 0.245 e. The van der Waals surface area contributed by atoms with Gasteiger partial charge < -0.3 is 10.1 Å². The normalized spacial score (nSPS) is 12.2. The molecule has 0 unspecified atom stereocenters. The number of hydrogen-bond donors (Lipinski definition) is 2. The van der Waals surface area contributed by atoms with E-state index in [2.05, 4.69) is 26.0 Å². The lowest BCUT2D eigenvalue weighted by atomic mass is 10.1. The summed E-state index contributed by atoms with van der Waals surface area (Å²) in [6, 6.07) is 19.4. The van der Waals surface area contributed by atoms with Gasteiger partial charge in [-0.25, -0.2) is 8.42 Å². The lowest BCUT2D eigenvalue weighted by molar-refractivity contribution is -0.117. The minimum Gasteiger partial charge on any atom is -0.495 e. The first-order valence-corrected chi connectivity index (χ1v) is 11.9. The summed E-state index contributed by atoms with van der Waals surface area (Å²) >= 11 is 9.38. The minimum absolute atomic E-state index is 0.126. The number of hydrogen-bond acceptors (Lipinski definition) is 4. The van der Waals surface area contributed by atoms with E-state index in [0.29, 0.717) is 10.2 Å². The molecule has 0 heterocycles. The van der Waals surface area contributed by atoms with Crippen LogP contribution < -0.4 is 14.8 Å². The Bertz CT molecular complexity index is 1170. The van der Waals surface area contributed by atoms with Gasteiger partial charge in [0.1, 0.15) is 16.7 Å². The SMILES string of the molecule is COc1ccc(Cl)cc1S(=O)(=O)N[C@@H](Cc1ccccc1)C(=O)Nc1ccccc1Br. The Hall–Kier alpha value is -2.39. The van der Waals surface area contributed by atoms with Crippen molar-refractivity contribution in [2.24, 2.45) is 0 Å². The van der Waals surface area contributed by atoms with E-state index >= 15 is 0 Å². The molecular weight excluding hydrogens is 504 g/mol. The van der Waals surface area contributed by atoms with Gasteiger partial charge in [-0.05, 0) is 58.2 Å². The van der Waals surface area contributed by atoms with Crippen molar-refractivity contribution >= 4 is 49.1 Å². The van der Waals surface area contributed by atoms with Crippen LogP contribution in [0, 0.1) is 0 Å². The van der Waals surface area contributed by atoms with Gasteiger partial charge in [0.25, 0.3) is 0 Å². The number of anilines is 1. The highest BCUT2D eigenvalue weighted by Crippen LogP contribution is 2.27. The van der Waals surface area contributed by atoms with Crippen LogP contribution in [0.5, 0.6) is 5.75 Å². The first kappa shape index (κ1) is 23.3. The van der Waals surface area contributed by atoms with E-state index in [-0.39, 0.29) is 22.1 Å². The average Bonchev–Trinajstić information content (AvgIpc) is 2.75. The Morgan fingerprint density at radius 3 is 2.42 bits per heavy atom. The number of ether oxygens (including phenoxy) is 1. The molecular formula is C22H20BrClN2O4S. The fourth-order valence-corrected chi connectivity index (χ4v) is 4.94. The number of methoxy groups -OCH3 is 1. The van der Waals surface area contributed by atoms with Gasteiger partial charge in [0, 0.05) is 9.50 Å². The molecule has 0 fully saturated rings. The molecule has 0 spiro atoms. The van der Waals surface area contributed by atoms with E-state index in [1.165, 1.54) is 25.3 Å². The van der Waals surface area contributed by atoms with Crippen LogP contribution in [0.1, 0.15) is 5.56 Å². The van der Waals surface area contributed by atoms with Gasteiger partial charge >= 0.3 is 0 Å². The van der Waals surface area contributed by atoms with Crippen LogP contribution >= 0.6 is 27.5 Å². The predicted octanol–water partition coefficient (Wildman–Crippen LogP) is 4.64. The molecule has 6 nitrogen and oxygen atoms in total. The van der Waals surface area contributed by atoms with Crippen LogP contribution in [0.15, 0.2) is 82.2 Å². The summed E-state index contributed by atoms with van der Waals surface area (Å²) in [4.78, 5) is 12.9. The molecule has 0 aliphatic rings. The van der Waals surface area contributed by atoms with Crippen LogP contribution in [0.3, 0.4) is 0 Å². The van der Waals surface area contributed by atoms with Gasteiger partial charge in [-0.15, -0.1) is 0 Å². The van der Waals surface area contributed by atoms with Crippen LogP contribution in [-0.4, -0.2) is 27.5 Å². The standard InChI is InChI=1S/C22H20BrClN2O4S/c1-30-20-12-11-16(24)14-21(20)31(28,29)26-19(13-15-7-3-2-4-8-15)22(27)25-18-10-6-5-9-17(18)23/h2-12,14,19,26H,13H2,1H3,(H,25,27)/t19-/m0/s1. The third-order valence-electron chi connectivity index (χ3n) is 4.44. The van der Waals surface area contributed by atoms with Crippen molar-refractivity contribution in [2.75, 3.05) is 12.4 Å². The molecule has 0 saturated carbocycles. The molecule has 162 valence electrons. The molecule has 0 saturated heterocycles. The molecule has 0 aromatic heterocycles. The molecule has 3 aromatic rings. The second-order valence-electron chi connectivity index (χ2n) is 6.63. The van der Waals surface area contributed by atoms with Crippen LogP contribution in [0.4, 0.5) is 5.69 Å². The van der Waals surface area contributed by atoms with Crippen LogP contribution in [-0.2, 0) is 21.2 Å². The lowest BCUT2D eigenvalue weighted by Crippen LogP contribution is -2.45. The molecule has 1 amide bonds. The maximum atomic E-state index is 13.1. The number of sulfonamides is 1. The van der Waals surface area contributed by atoms with Crippen LogP contribution in [0.2, 0.25) is 5.02 Å². The summed E-state index contributed by atoms with van der Waals surface area (Å²) in [6.45, 7) is 0. The molecule has 9 heteroatoms. The van der Waals surface area contributed by atoms with Gasteiger partial charge in [0.05, 0.1) is 12.8 Å². The summed E-state index contributed by atoms with van der Waals surface area (Å²) in [5.41, 5.74) is 1.33. The van der Waals surface area contributed by atoms with E-state index in [0.717, 1.165) is 5.56 Å². The predicted molar refractivity (Wildman–Crippen MR) is 125 cm³/mol. The second-order valence-corrected chi connectivity index (χ2v) is 9.60. The number of nitrogens with one attached hydrogen (secondary N) is 2. The Labute approximate surface area is 194 Å². The molecule has 3 rings (SSSR count). The molecule has 3 aromatic carbocycles. The van der Waals surface area contributed by atoms with Crippen molar-refractivity contribution in [1.82, 2.24) is 4.72 Å². The number of amides is 1. The highest BCUT2D eigenvalue weighted by atomic mass is 79.9. The van der Waals surface area contributed by atoms with E-state index < -0.39 is 22.0 Å². The van der Waals surface area contributed by atoms with E-state index in [1.54, 1.807) is 18.2 Å². The number of halogens is 2. The van der Waals surface area contributed by atoms with Crippen molar-refractivity contribution < 1.29 is 17.9 Å². The summed E-state index contributed by atoms with van der Waals surface area (Å²) in [6.07, 6.45) is 0.152. The Kier molecular flexibility index (Phi) is 7.72. The summed E-state index contributed by atoms with van der Waals surface area (Å²) in [5.74, 6) is -0.373. The van der Waals surface area contributed by atoms with Crippen molar-refractivity contribution in [3.05, 3.63) is 87.9 Å². The zero-order valence-corrected chi connectivity index (χ0v) is 19.7. The molecule has 0 bridgehead atoms. The van der Waals surface area contributed by atoms with Gasteiger partial charge in [-0.3, -0.25) is 4.79 Å². The van der Waals surface area contributed by atoms with Crippen molar-refractivity contribution in [3.8, 4) is 5.75 Å². The van der Waals surface area contributed by atoms with Crippen molar-refractivity contribution in [3.63, 3.8) is 0 Å². The molecule has 0 aliphatic carbocycles. The third kappa shape index (κ3) is 6.07. The Morgan fingerprint density at radius 2 is 1.74 bits per heavy atom. The fourth-order valence-electron chi connectivity index (χ4n) is 2.93. The number of para-hydroxylation sites is 1. The van der Waals surface area contributed by atoms with E-state index in [4.69, 9.17) is 16.3 Å². The van der Waals surface area contributed by atoms with Crippen molar-refractivity contribution in [2.45, 2.75) is 17.4 Å². The first-order valence-electron chi connectivity index (χ1n) is 9.25. The van der Waals surface area contributed by atoms with Crippen molar-refractivity contribution in [1.29, 1.82) is 0 Å². The largest absolute Gasteiger partial charge is 0.495 e. The summed E-state index contributed by atoms with van der Waals surface area (Å²) in [5, 5.41) is 3.01. The van der Waals surface area contributed by atoms with E-state index in [9.17, 15) is 13.2 Å². The molecule has 31 heavy (non-hydrogen) atoms. The monoisotopic (exact) mass is 522 g/mol. The highest BCUT2D eigenvalue weighted by molar-refractivity contribution is 9.10. The van der Waals surface area contributed by atoms with Gasteiger partial charge in [0.2, 0.25) is 15.9 Å².